The average molecular weight is 276 g/mol. The maximum absolute atomic E-state index is 12.1. The van der Waals surface area contributed by atoms with Crippen LogP contribution < -0.4 is 5.32 Å². The van der Waals surface area contributed by atoms with Crippen molar-refractivity contribution in [2.24, 2.45) is 0 Å². The van der Waals surface area contributed by atoms with Crippen LogP contribution in [0.15, 0.2) is 30.3 Å². The summed E-state index contributed by atoms with van der Waals surface area (Å²) in [4.78, 5) is 24.4. The Balaban J connectivity index is 1.87. The van der Waals surface area contributed by atoms with Gasteiger partial charge in [0, 0.05) is 38.5 Å². The zero-order valence-corrected chi connectivity index (χ0v) is 11.4. The van der Waals surface area contributed by atoms with E-state index in [0.717, 1.165) is 6.54 Å². The smallest absolute Gasteiger partial charge is 0.303 e. The minimum Gasteiger partial charge on any atom is -0.481 e. The predicted octanol–water partition coefficient (Wildman–Crippen LogP) is 1.41. The quantitative estimate of drug-likeness (QED) is 0.853. The minimum absolute atomic E-state index is 0.0497. The van der Waals surface area contributed by atoms with Crippen molar-refractivity contribution in [3.05, 3.63) is 35.9 Å². The van der Waals surface area contributed by atoms with Crippen LogP contribution in [0.25, 0.3) is 0 Å². The minimum atomic E-state index is -0.847. The van der Waals surface area contributed by atoms with Crippen molar-refractivity contribution < 1.29 is 14.7 Å². The van der Waals surface area contributed by atoms with Crippen LogP contribution in [0.3, 0.4) is 0 Å². The molecule has 0 aromatic heterocycles. The molecular formula is C15H20N2O3. The lowest BCUT2D eigenvalue weighted by atomic mass is 10.0. The Morgan fingerprint density at radius 1 is 1.25 bits per heavy atom. The molecule has 1 aromatic rings. The van der Waals surface area contributed by atoms with Gasteiger partial charge in [-0.25, -0.2) is 0 Å². The standard InChI is InChI=1S/C15H20N2O3/c18-14(7-4-8-15(19)20)17-10-9-16-13(11-17)12-5-2-1-3-6-12/h1-3,5-6,13,16H,4,7-11H2,(H,19,20). The number of benzene rings is 1. The summed E-state index contributed by atoms with van der Waals surface area (Å²) in [7, 11) is 0. The molecule has 1 unspecified atom stereocenters. The van der Waals surface area contributed by atoms with Gasteiger partial charge < -0.3 is 15.3 Å². The van der Waals surface area contributed by atoms with E-state index in [9.17, 15) is 9.59 Å². The third-order valence-electron chi connectivity index (χ3n) is 3.51. The second kappa shape index (κ2) is 7.05. The fourth-order valence-corrected chi connectivity index (χ4v) is 2.43. The number of hydrogen-bond donors (Lipinski definition) is 2. The lowest BCUT2D eigenvalue weighted by molar-refractivity contribution is -0.137. The van der Waals surface area contributed by atoms with E-state index in [4.69, 9.17) is 5.11 Å². The first kappa shape index (κ1) is 14.5. The predicted molar refractivity (Wildman–Crippen MR) is 75.3 cm³/mol. The van der Waals surface area contributed by atoms with Gasteiger partial charge in [0.1, 0.15) is 0 Å². The van der Waals surface area contributed by atoms with Crippen molar-refractivity contribution >= 4 is 11.9 Å². The van der Waals surface area contributed by atoms with Crippen molar-refractivity contribution in [3.8, 4) is 0 Å². The summed E-state index contributed by atoms with van der Waals surface area (Å²) >= 11 is 0. The van der Waals surface area contributed by atoms with Crippen molar-refractivity contribution in [2.45, 2.75) is 25.3 Å². The Morgan fingerprint density at radius 2 is 2.00 bits per heavy atom. The number of carboxylic acids is 1. The van der Waals surface area contributed by atoms with Gasteiger partial charge in [-0.3, -0.25) is 9.59 Å². The monoisotopic (exact) mass is 276 g/mol. The summed E-state index contributed by atoms with van der Waals surface area (Å²) in [6.45, 7) is 2.11. The first-order chi connectivity index (χ1) is 9.66. The third kappa shape index (κ3) is 4.06. The van der Waals surface area contributed by atoms with Crippen molar-refractivity contribution in [2.75, 3.05) is 19.6 Å². The maximum Gasteiger partial charge on any atom is 0.303 e. The number of carbonyl (C=O) groups is 2. The van der Waals surface area contributed by atoms with Crippen LogP contribution in [-0.4, -0.2) is 41.5 Å². The molecule has 0 aliphatic carbocycles. The lowest BCUT2D eigenvalue weighted by Crippen LogP contribution is -2.48. The highest BCUT2D eigenvalue weighted by Gasteiger charge is 2.23. The van der Waals surface area contributed by atoms with Gasteiger partial charge in [-0.2, -0.15) is 0 Å². The highest BCUT2D eigenvalue weighted by atomic mass is 16.4. The van der Waals surface area contributed by atoms with Gasteiger partial charge in [-0.15, -0.1) is 0 Å². The highest BCUT2D eigenvalue weighted by molar-refractivity contribution is 5.77. The molecule has 1 fully saturated rings. The van der Waals surface area contributed by atoms with Crippen molar-refractivity contribution in [3.63, 3.8) is 0 Å². The highest BCUT2D eigenvalue weighted by Crippen LogP contribution is 2.17. The number of nitrogens with zero attached hydrogens (tertiary/aromatic N) is 1. The molecule has 1 atom stereocenters. The van der Waals surface area contributed by atoms with E-state index in [1.807, 2.05) is 23.1 Å². The molecule has 0 spiro atoms. The van der Waals surface area contributed by atoms with Crippen LogP contribution >= 0.6 is 0 Å². The number of rotatable bonds is 5. The molecule has 0 radical (unpaired) electrons. The molecule has 1 amide bonds. The third-order valence-corrected chi connectivity index (χ3v) is 3.51. The van der Waals surface area contributed by atoms with Crippen LogP contribution in [0.1, 0.15) is 30.9 Å². The van der Waals surface area contributed by atoms with Crippen LogP contribution in [0.4, 0.5) is 0 Å². The van der Waals surface area contributed by atoms with E-state index >= 15 is 0 Å². The van der Waals surface area contributed by atoms with Crippen LogP contribution in [0, 0.1) is 0 Å². The van der Waals surface area contributed by atoms with E-state index in [0.29, 0.717) is 25.9 Å². The number of piperazine rings is 1. The van der Waals surface area contributed by atoms with E-state index in [1.165, 1.54) is 5.56 Å². The zero-order chi connectivity index (χ0) is 14.4. The molecular weight excluding hydrogens is 256 g/mol. The van der Waals surface area contributed by atoms with Crippen LogP contribution in [-0.2, 0) is 9.59 Å². The fourth-order valence-electron chi connectivity index (χ4n) is 2.43. The Hall–Kier alpha value is -1.88. The van der Waals surface area contributed by atoms with Gasteiger partial charge in [-0.05, 0) is 12.0 Å². The number of carboxylic acid groups (broad SMARTS) is 1. The lowest BCUT2D eigenvalue weighted by Gasteiger charge is -2.34. The Labute approximate surface area is 118 Å². The van der Waals surface area contributed by atoms with Gasteiger partial charge in [0.25, 0.3) is 0 Å². The number of carbonyl (C=O) groups excluding carboxylic acids is 1. The maximum atomic E-state index is 12.1. The SMILES string of the molecule is O=C(O)CCCC(=O)N1CCNC(c2ccccc2)C1. The molecule has 2 rings (SSSR count). The van der Waals surface area contributed by atoms with E-state index in [2.05, 4.69) is 17.4 Å². The number of aliphatic carboxylic acids is 1. The molecule has 1 heterocycles. The van der Waals surface area contributed by atoms with E-state index in [1.54, 1.807) is 0 Å². The topological polar surface area (TPSA) is 69.6 Å². The summed E-state index contributed by atoms with van der Waals surface area (Å²) in [5.74, 6) is -0.797. The average Bonchev–Trinajstić information content (AvgIpc) is 2.48. The molecule has 108 valence electrons. The number of nitrogens with one attached hydrogen (secondary N) is 1. The second-order valence-corrected chi connectivity index (χ2v) is 5.00. The number of amides is 1. The molecule has 5 heteroatoms. The zero-order valence-electron chi connectivity index (χ0n) is 11.4. The first-order valence-corrected chi connectivity index (χ1v) is 6.94. The Bertz CT molecular complexity index is 461. The molecule has 5 nitrogen and oxygen atoms in total. The fraction of sp³-hybridized carbons (Fsp3) is 0.467. The van der Waals surface area contributed by atoms with Gasteiger partial charge in [-0.1, -0.05) is 30.3 Å². The van der Waals surface area contributed by atoms with E-state index in [-0.39, 0.29) is 18.4 Å². The van der Waals surface area contributed by atoms with Crippen molar-refractivity contribution in [1.82, 2.24) is 10.2 Å². The molecule has 0 saturated carbocycles. The molecule has 1 aliphatic rings. The number of hydrogen-bond acceptors (Lipinski definition) is 3. The molecule has 0 bridgehead atoms. The summed E-state index contributed by atoms with van der Waals surface area (Å²) < 4.78 is 0. The van der Waals surface area contributed by atoms with Crippen LogP contribution in [0.5, 0.6) is 0 Å². The molecule has 1 aliphatic heterocycles. The van der Waals surface area contributed by atoms with Gasteiger partial charge >= 0.3 is 5.97 Å². The second-order valence-electron chi connectivity index (χ2n) is 5.00. The normalized spacial score (nSPS) is 18.8. The molecule has 1 aromatic carbocycles. The Morgan fingerprint density at radius 3 is 2.70 bits per heavy atom. The molecule has 1 saturated heterocycles. The largest absolute Gasteiger partial charge is 0.481 e. The van der Waals surface area contributed by atoms with Crippen LogP contribution in [0.2, 0.25) is 0 Å². The molecule has 20 heavy (non-hydrogen) atoms. The van der Waals surface area contributed by atoms with Gasteiger partial charge in [0.15, 0.2) is 0 Å². The van der Waals surface area contributed by atoms with E-state index < -0.39 is 5.97 Å². The van der Waals surface area contributed by atoms with Crippen molar-refractivity contribution in [1.29, 1.82) is 0 Å². The summed E-state index contributed by atoms with van der Waals surface area (Å²) in [5, 5.41) is 12.0. The summed E-state index contributed by atoms with van der Waals surface area (Å²) in [6, 6.07) is 10.2. The summed E-state index contributed by atoms with van der Waals surface area (Å²) in [5.41, 5.74) is 1.18. The Kier molecular flexibility index (Phi) is 5.12. The molecule has 2 N–H and O–H groups in total. The van der Waals surface area contributed by atoms with Gasteiger partial charge in [0.2, 0.25) is 5.91 Å². The first-order valence-electron chi connectivity index (χ1n) is 6.94. The summed E-state index contributed by atoms with van der Waals surface area (Å²) in [6.07, 6.45) is 0.780. The van der Waals surface area contributed by atoms with Gasteiger partial charge in [0.05, 0.1) is 0 Å².